The molecule has 10 heavy (non-hydrogen) atoms. The van der Waals surface area contributed by atoms with Gasteiger partial charge in [0.15, 0.2) is 0 Å². The van der Waals surface area contributed by atoms with Crippen LogP contribution in [-0.2, 0) is 0 Å². The number of rotatable bonds is 1. The highest BCUT2D eigenvalue weighted by Gasteiger charge is 2.32. The van der Waals surface area contributed by atoms with Gasteiger partial charge in [-0.05, 0) is 0 Å². The fourth-order valence-electron chi connectivity index (χ4n) is 0.831. The molecule has 0 aliphatic carbocycles. The molecule has 0 N–H and O–H groups in total. The topological polar surface area (TPSA) is 62.0 Å². The highest BCUT2D eigenvalue weighted by molar-refractivity contribution is 5.55. The highest BCUT2D eigenvalue weighted by Crippen LogP contribution is 2.06. The third kappa shape index (κ3) is 0.873. The SMILES string of the molecule is CN1C=NN(C)C1[N+](=O)[O-]. The Kier molecular flexibility index (Phi) is 1.44. The lowest BCUT2D eigenvalue weighted by Gasteiger charge is -2.15. The van der Waals surface area contributed by atoms with Crippen LogP contribution in [-0.4, -0.2) is 41.6 Å². The van der Waals surface area contributed by atoms with Crippen molar-refractivity contribution in [1.29, 1.82) is 0 Å². The molecule has 0 fully saturated rings. The number of hydrogen-bond donors (Lipinski definition) is 0. The van der Waals surface area contributed by atoms with Crippen LogP contribution in [0.3, 0.4) is 0 Å². The van der Waals surface area contributed by atoms with Gasteiger partial charge in [0, 0.05) is 14.1 Å². The summed E-state index contributed by atoms with van der Waals surface area (Å²) in [4.78, 5) is 11.3. The molecular formula is C4H8N4O2. The van der Waals surface area contributed by atoms with Crippen molar-refractivity contribution in [3.05, 3.63) is 10.1 Å². The average molecular weight is 144 g/mol. The van der Waals surface area contributed by atoms with E-state index in [0.29, 0.717) is 0 Å². The summed E-state index contributed by atoms with van der Waals surface area (Å²) in [7, 11) is 3.17. The van der Waals surface area contributed by atoms with E-state index in [1.54, 1.807) is 14.1 Å². The summed E-state index contributed by atoms with van der Waals surface area (Å²) in [6.07, 6.45) is 0.591. The quantitative estimate of drug-likeness (QED) is 0.363. The van der Waals surface area contributed by atoms with E-state index >= 15 is 0 Å². The molecule has 1 aliphatic heterocycles. The third-order valence-electron chi connectivity index (χ3n) is 1.30. The lowest BCUT2D eigenvalue weighted by Crippen LogP contribution is -2.41. The van der Waals surface area contributed by atoms with E-state index in [0.717, 1.165) is 0 Å². The Bertz CT molecular complexity index is 168. The zero-order valence-corrected chi connectivity index (χ0v) is 5.76. The monoisotopic (exact) mass is 144 g/mol. The van der Waals surface area contributed by atoms with Gasteiger partial charge in [0.05, 0.1) is 4.92 Å². The van der Waals surface area contributed by atoms with Crippen molar-refractivity contribution in [2.24, 2.45) is 5.10 Å². The van der Waals surface area contributed by atoms with Gasteiger partial charge < -0.3 is 0 Å². The zero-order valence-electron chi connectivity index (χ0n) is 5.76. The van der Waals surface area contributed by atoms with Gasteiger partial charge in [0.2, 0.25) is 0 Å². The van der Waals surface area contributed by atoms with Crippen molar-refractivity contribution in [1.82, 2.24) is 9.91 Å². The van der Waals surface area contributed by atoms with Crippen LogP contribution in [0.25, 0.3) is 0 Å². The highest BCUT2D eigenvalue weighted by atomic mass is 16.6. The maximum atomic E-state index is 10.3. The van der Waals surface area contributed by atoms with Crippen molar-refractivity contribution in [2.45, 2.75) is 6.29 Å². The van der Waals surface area contributed by atoms with Gasteiger partial charge in [-0.1, -0.05) is 0 Å². The molecule has 0 aromatic rings. The minimum absolute atomic E-state index is 0.396. The molecule has 0 aromatic carbocycles. The van der Waals surface area contributed by atoms with Crippen LogP contribution in [0.4, 0.5) is 0 Å². The van der Waals surface area contributed by atoms with Gasteiger partial charge in [0.1, 0.15) is 6.34 Å². The van der Waals surface area contributed by atoms with Crippen molar-refractivity contribution in [3.63, 3.8) is 0 Å². The van der Waals surface area contributed by atoms with Crippen LogP contribution in [0.15, 0.2) is 5.10 Å². The molecule has 6 heteroatoms. The van der Waals surface area contributed by atoms with Gasteiger partial charge in [-0.25, -0.2) is 5.01 Å². The largest absolute Gasteiger partial charge is 0.383 e. The summed E-state index contributed by atoms with van der Waals surface area (Å²) in [6, 6.07) is 0. The Hall–Kier alpha value is -1.33. The molecule has 1 rings (SSSR count). The van der Waals surface area contributed by atoms with Crippen molar-refractivity contribution < 1.29 is 4.92 Å². The summed E-state index contributed by atoms with van der Waals surface area (Å²) >= 11 is 0. The maximum absolute atomic E-state index is 10.3. The molecule has 1 heterocycles. The molecule has 1 aliphatic rings. The molecule has 0 saturated heterocycles. The smallest absolute Gasteiger partial charge is 0.282 e. The summed E-state index contributed by atoms with van der Waals surface area (Å²) in [5, 5.41) is 15.3. The first-order valence-corrected chi connectivity index (χ1v) is 2.75. The average Bonchev–Trinajstić information content (AvgIpc) is 2.11. The van der Waals surface area contributed by atoms with Crippen LogP contribution >= 0.6 is 0 Å². The minimum Gasteiger partial charge on any atom is -0.282 e. The third-order valence-corrected chi connectivity index (χ3v) is 1.30. The number of nitrogens with zero attached hydrogens (tertiary/aromatic N) is 4. The Labute approximate surface area is 57.9 Å². The van der Waals surface area contributed by atoms with E-state index < -0.39 is 11.2 Å². The van der Waals surface area contributed by atoms with Crippen molar-refractivity contribution in [2.75, 3.05) is 14.1 Å². The predicted molar refractivity (Wildman–Crippen MR) is 34.8 cm³/mol. The maximum Gasteiger partial charge on any atom is 0.383 e. The number of hydrazone groups is 1. The van der Waals surface area contributed by atoms with E-state index in [-0.39, 0.29) is 0 Å². The molecule has 0 radical (unpaired) electrons. The van der Waals surface area contributed by atoms with E-state index in [2.05, 4.69) is 5.10 Å². The van der Waals surface area contributed by atoms with Gasteiger partial charge in [-0.3, -0.25) is 15.0 Å². The Morgan fingerprint density at radius 3 is 2.50 bits per heavy atom. The standard InChI is InChI=1S/C4H8N4O2/c1-6-3-5-7(2)4(6)8(9)10/h3-4H,1-2H3. The lowest BCUT2D eigenvalue weighted by molar-refractivity contribution is -0.567. The summed E-state index contributed by atoms with van der Waals surface area (Å²) in [5.74, 6) is 0. The second-order valence-corrected chi connectivity index (χ2v) is 2.10. The zero-order chi connectivity index (χ0) is 7.72. The van der Waals surface area contributed by atoms with Crippen LogP contribution in [0.2, 0.25) is 0 Å². The van der Waals surface area contributed by atoms with Gasteiger partial charge >= 0.3 is 6.29 Å². The molecule has 6 nitrogen and oxygen atoms in total. The normalized spacial score (nSPS) is 24.0. The second-order valence-electron chi connectivity index (χ2n) is 2.10. The molecule has 0 aromatic heterocycles. The molecule has 0 amide bonds. The van der Waals surface area contributed by atoms with Crippen LogP contribution in [0, 0.1) is 10.1 Å². The first kappa shape index (κ1) is 6.79. The molecule has 56 valence electrons. The fraction of sp³-hybridized carbons (Fsp3) is 0.750. The first-order chi connectivity index (χ1) is 4.63. The Morgan fingerprint density at radius 1 is 1.70 bits per heavy atom. The van der Waals surface area contributed by atoms with E-state index in [4.69, 9.17) is 0 Å². The van der Waals surface area contributed by atoms with E-state index in [9.17, 15) is 10.1 Å². The van der Waals surface area contributed by atoms with Crippen LogP contribution in [0.5, 0.6) is 0 Å². The van der Waals surface area contributed by atoms with Gasteiger partial charge in [-0.2, -0.15) is 5.10 Å². The van der Waals surface area contributed by atoms with Crippen LogP contribution < -0.4 is 0 Å². The molecule has 1 unspecified atom stereocenters. The molecule has 0 saturated carbocycles. The van der Waals surface area contributed by atoms with E-state index in [1.807, 2.05) is 0 Å². The Balaban J connectivity index is 2.69. The predicted octanol–water partition coefficient (Wildman–Crippen LogP) is -0.633. The second kappa shape index (κ2) is 2.13. The first-order valence-electron chi connectivity index (χ1n) is 2.75. The molecular weight excluding hydrogens is 136 g/mol. The number of hydrogen-bond acceptors (Lipinski definition) is 5. The fourth-order valence-corrected chi connectivity index (χ4v) is 0.831. The van der Waals surface area contributed by atoms with Gasteiger partial charge in [0.25, 0.3) is 0 Å². The van der Waals surface area contributed by atoms with E-state index in [1.165, 1.54) is 16.2 Å². The number of nitro groups is 1. The Morgan fingerprint density at radius 2 is 2.30 bits per heavy atom. The minimum atomic E-state index is -0.833. The molecule has 0 spiro atoms. The molecule has 0 bridgehead atoms. The van der Waals surface area contributed by atoms with Crippen molar-refractivity contribution in [3.8, 4) is 0 Å². The van der Waals surface area contributed by atoms with Crippen molar-refractivity contribution >= 4 is 6.34 Å². The summed E-state index contributed by atoms with van der Waals surface area (Å²) < 4.78 is 0. The van der Waals surface area contributed by atoms with Gasteiger partial charge in [-0.15, -0.1) is 0 Å². The molecule has 1 atom stereocenters. The summed E-state index contributed by atoms with van der Waals surface area (Å²) in [5.41, 5.74) is 0. The summed E-state index contributed by atoms with van der Waals surface area (Å²) in [6.45, 7) is 0. The van der Waals surface area contributed by atoms with Crippen LogP contribution in [0.1, 0.15) is 0 Å². The lowest BCUT2D eigenvalue weighted by atomic mass is 10.7.